The van der Waals surface area contributed by atoms with Crippen molar-refractivity contribution >= 4 is 6.03 Å². The second-order valence-electron chi connectivity index (χ2n) is 6.54. The first-order valence-electron chi connectivity index (χ1n) is 7.82. The van der Waals surface area contributed by atoms with Gasteiger partial charge in [-0.3, -0.25) is 0 Å². The molecule has 1 aliphatic heterocycles. The molecule has 5 nitrogen and oxygen atoms in total. The van der Waals surface area contributed by atoms with Crippen molar-refractivity contribution in [2.45, 2.75) is 52.6 Å². The highest BCUT2D eigenvalue weighted by molar-refractivity contribution is 5.74. The second kappa shape index (κ2) is 8.47. The topological polar surface area (TPSA) is 64.6 Å². The Morgan fingerprint density at radius 2 is 1.85 bits per heavy atom. The summed E-state index contributed by atoms with van der Waals surface area (Å²) in [6.45, 7) is 11.7. The summed E-state index contributed by atoms with van der Waals surface area (Å²) >= 11 is 0. The van der Waals surface area contributed by atoms with Crippen LogP contribution in [0.25, 0.3) is 0 Å². The van der Waals surface area contributed by atoms with Gasteiger partial charge in [-0.1, -0.05) is 20.8 Å². The van der Waals surface area contributed by atoms with Gasteiger partial charge in [-0.15, -0.1) is 0 Å². The molecule has 0 radical (unpaired) electrons. The van der Waals surface area contributed by atoms with Crippen molar-refractivity contribution in [2.24, 2.45) is 11.8 Å². The number of aliphatic hydroxyl groups excluding tert-OH is 1. The first kappa shape index (κ1) is 17.2. The zero-order valence-electron chi connectivity index (χ0n) is 13.4. The van der Waals surface area contributed by atoms with E-state index in [1.807, 2.05) is 13.8 Å². The lowest BCUT2D eigenvalue weighted by Crippen LogP contribution is -2.51. The molecule has 0 aliphatic carbocycles. The SMILES string of the molecule is CC(C)CN1CCC(NC(=O)NC(C)C(C)CO)CC1. The number of likely N-dealkylation sites (tertiary alicyclic amines) is 1. The predicted molar refractivity (Wildman–Crippen MR) is 81.7 cm³/mol. The highest BCUT2D eigenvalue weighted by Gasteiger charge is 2.22. The van der Waals surface area contributed by atoms with E-state index in [-0.39, 0.29) is 30.6 Å². The van der Waals surface area contributed by atoms with Crippen LogP contribution in [0.1, 0.15) is 40.5 Å². The van der Waals surface area contributed by atoms with Crippen LogP contribution >= 0.6 is 0 Å². The second-order valence-corrected chi connectivity index (χ2v) is 6.54. The van der Waals surface area contributed by atoms with Crippen molar-refractivity contribution in [3.05, 3.63) is 0 Å². The molecule has 118 valence electrons. The van der Waals surface area contributed by atoms with Gasteiger partial charge in [-0.25, -0.2) is 4.79 Å². The lowest BCUT2D eigenvalue weighted by molar-refractivity contribution is 0.173. The largest absolute Gasteiger partial charge is 0.396 e. The van der Waals surface area contributed by atoms with Crippen LogP contribution in [0.4, 0.5) is 4.79 Å². The molecule has 0 aromatic carbocycles. The van der Waals surface area contributed by atoms with E-state index < -0.39 is 0 Å². The number of carbonyl (C=O) groups is 1. The van der Waals surface area contributed by atoms with Gasteiger partial charge in [0.1, 0.15) is 0 Å². The van der Waals surface area contributed by atoms with E-state index in [1.54, 1.807) is 0 Å². The van der Waals surface area contributed by atoms with Crippen LogP contribution in [-0.2, 0) is 0 Å². The number of hydrogen-bond donors (Lipinski definition) is 3. The number of carbonyl (C=O) groups excluding carboxylic acids is 1. The van der Waals surface area contributed by atoms with Crippen molar-refractivity contribution < 1.29 is 9.90 Å². The minimum Gasteiger partial charge on any atom is -0.396 e. The maximum atomic E-state index is 11.9. The molecule has 20 heavy (non-hydrogen) atoms. The molecule has 1 aliphatic rings. The highest BCUT2D eigenvalue weighted by Crippen LogP contribution is 2.12. The van der Waals surface area contributed by atoms with Crippen molar-refractivity contribution in [3.63, 3.8) is 0 Å². The fourth-order valence-corrected chi connectivity index (χ4v) is 2.51. The molecule has 2 atom stereocenters. The molecule has 5 heteroatoms. The third-order valence-electron chi connectivity index (χ3n) is 4.05. The molecule has 1 fully saturated rings. The third-order valence-corrected chi connectivity index (χ3v) is 4.05. The zero-order valence-corrected chi connectivity index (χ0v) is 13.4. The number of nitrogens with zero attached hydrogens (tertiary/aromatic N) is 1. The molecule has 0 aromatic heterocycles. The molecular formula is C15H31N3O2. The molecule has 2 unspecified atom stereocenters. The Kier molecular flexibility index (Phi) is 7.30. The van der Waals surface area contributed by atoms with Crippen LogP contribution in [0.15, 0.2) is 0 Å². The first-order valence-corrected chi connectivity index (χ1v) is 7.82. The number of nitrogens with one attached hydrogen (secondary N) is 2. The number of hydrogen-bond acceptors (Lipinski definition) is 3. The minimum atomic E-state index is -0.111. The summed E-state index contributed by atoms with van der Waals surface area (Å²) in [6.07, 6.45) is 2.04. The standard InChI is InChI=1S/C15H31N3O2/c1-11(2)9-18-7-5-14(6-8-18)17-15(20)16-13(4)12(3)10-19/h11-14,19H,5-10H2,1-4H3,(H2,16,17,20). The summed E-state index contributed by atoms with van der Waals surface area (Å²) in [5.41, 5.74) is 0. The molecular weight excluding hydrogens is 254 g/mol. The summed E-state index contributed by atoms with van der Waals surface area (Å²) < 4.78 is 0. The molecule has 1 heterocycles. The van der Waals surface area contributed by atoms with Crippen LogP contribution in [0.3, 0.4) is 0 Å². The maximum Gasteiger partial charge on any atom is 0.315 e. The number of urea groups is 1. The smallest absolute Gasteiger partial charge is 0.315 e. The number of rotatable bonds is 6. The van der Waals surface area contributed by atoms with Crippen molar-refractivity contribution in [3.8, 4) is 0 Å². The molecule has 1 saturated heterocycles. The molecule has 0 spiro atoms. The molecule has 2 amide bonds. The Bertz CT molecular complexity index is 289. The van der Waals surface area contributed by atoms with E-state index in [0.717, 1.165) is 32.5 Å². The lowest BCUT2D eigenvalue weighted by atomic mass is 10.0. The molecule has 0 saturated carbocycles. The zero-order chi connectivity index (χ0) is 15.1. The summed E-state index contributed by atoms with van der Waals surface area (Å²) in [4.78, 5) is 14.4. The summed E-state index contributed by atoms with van der Waals surface area (Å²) in [7, 11) is 0. The van der Waals surface area contributed by atoms with Crippen molar-refractivity contribution in [2.75, 3.05) is 26.2 Å². The Hall–Kier alpha value is -0.810. The Morgan fingerprint density at radius 1 is 1.25 bits per heavy atom. The van der Waals surface area contributed by atoms with Gasteiger partial charge in [0.25, 0.3) is 0 Å². The predicted octanol–water partition coefficient (Wildman–Crippen LogP) is 1.42. The molecule has 0 aromatic rings. The van der Waals surface area contributed by atoms with E-state index >= 15 is 0 Å². The van der Waals surface area contributed by atoms with Crippen LogP contribution in [0.5, 0.6) is 0 Å². The summed E-state index contributed by atoms with van der Waals surface area (Å²) in [5, 5.41) is 15.0. The quantitative estimate of drug-likeness (QED) is 0.691. The third kappa shape index (κ3) is 6.09. The maximum absolute atomic E-state index is 11.9. The van der Waals surface area contributed by atoms with Crippen molar-refractivity contribution in [1.29, 1.82) is 0 Å². The van der Waals surface area contributed by atoms with Gasteiger partial charge in [0.15, 0.2) is 0 Å². The number of piperidine rings is 1. The number of amides is 2. The van der Waals surface area contributed by atoms with E-state index in [9.17, 15) is 4.79 Å². The van der Waals surface area contributed by atoms with Gasteiger partial charge in [-0.05, 0) is 31.6 Å². The van der Waals surface area contributed by atoms with Gasteiger partial charge < -0.3 is 20.6 Å². The van der Waals surface area contributed by atoms with Crippen molar-refractivity contribution in [1.82, 2.24) is 15.5 Å². The van der Waals surface area contributed by atoms with Crippen LogP contribution in [0, 0.1) is 11.8 Å². The van der Waals surface area contributed by atoms with Crippen LogP contribution in [0.2, 0.25) is 0 Å². The van der Waals surface area contributed by atoms with E-state index in [4.69, 9.17) is 5.11 Å². The van der Waals surface area contributed by atoms with Crippen LogP contribution < -0.4 is 10.6 Å². The van der Waals surface area contributed by atoms with Gasteiger partial charge in [-0.2, -0.15) is 0 Å². The van der Waals surface area contributed by atoms with Gasteiger partial charge in [0, 0.05) is 38.3 Å². The summed E-state index contributed by atoms with van der Waals surface area (Å²) in [6, 6.07) is 0.149. The Morgan fingerprint density at radius 3 is 2.35 bits per heavy atom. The molecule has 1 rings (SSSR count). The monoisotopic (exact) mass is 285 g/mol. The summed E-state index contributed by atoms with van der Waals surface area (Å²) in [5.74, 6) is 0.775. The first-order chi connectivity index (χ1) is 9.42. The van der Waals surface area contributed by atoms with E-state index in [1.165, 1.54) is 0 Å². The minimum absolute atomic E-state index is 0.0129. The molecule has 3 N–H and O–H groups in total. The van der Waals surface area contributed by atoms with Gasteiger partial charge in [0.05, 0.1) is 0 Å². The highest BCUT2D eigenvalue weighted by atomic mass is 16.3. The average molecular weight is 285 g/mol. The average Bonchev–Trinajstić information content (AvgIpc) is 2.39. The number of aliphatic hydroxyl groups is 1. The van der Waals surface area contributed by atoms with E-state index in [2.05, 4.69) is 29.4 Å². The fraction of sp³-hybridized carbons (Fsp3) is 0.933. The van der Waals surface area contributed by atoms with Crippen LogP contribution in [-0.4, -0.2) is 54.4 Å². The normalized spacial score (nSPS) is 20.7. The van der Waals surface area contributed by atoms with E-state index in [0.29, 0.717) is 5.92 Å². The molecule has 0 bridgehead atoms. The van der Waals surface area contributed by atoms with Gasteiger partial charge >= 0.3 is 6.03 Å². The Balaban J connectivity index is 2.24. The Labute approximate surface area is 123 Å². The fourth-order valence-electron chi connectivity index (χ4n) is 2.51. The lowest BCUT2D eigenvalue weighted by Gasteiger charge is -2.33. The van der Waals surface area contributed by atoms with Gasteiger partial charge in [0.2, 0.25) is 0 Å².